The van der Waals surface area contributed by atoms with Crippen molar-refractivity contribution < 1.29 is 9.53 Å². The molecule has 6 nitrogen and oxygen atoms in total. The summed E-state index contributed by atoms with van der Waals surface area (Å²) in [6.45, 7) is 19.6. The minimum atomic E-state index is -0.927. The van der Waals surface area contributed by atoms with Gasteiger partial charge in [-0.25, -0.2) is 4.79 Å². The Hall–Kier alpha value is -3.06. The maximum atomic E-state index is 15.1. The molecular weight excluding hydrogens is 615 g/mol. The van der Waals surface area contributed by atoms with Gasteiger partial charge in [-0.05, 0) is 92.2 Å². The van der Waals surface area contributed by atoms with Gasteiger partial charge in [0.25, 0.3) is 0 Å². The lowest BCUT2D eigenvalue weighted by atomic mass is 9.71. The Morgan fingerprint density at radius 3 is 2.00 bits per heavy atom. The van der Waals surface area contributed by atoms with Gasteiger partial charge in [-0.1, -0.05) is 87.6 Å². The fourth-order valence-corrected chi connectivity index (χ4v) is 6.95. The molecule has 1 fully saturated rings. The number of benzene rings is 3. The number of amides is 2. The Bertz CT molecular complexity index is 1560. The van der Waals surface area contributed by atoms with Crippen molar-refractivity contribution in [2.24, 2.45) is 4.99 Å². The highest BCUT2D eigenvalue weighted by atomic mass is 35.5. The van der Waals surface area contributed by atoms with Crippen LogP contribution < -0.4 is 4.74 Å². The molecule has 3 aromatic carbocycles. The number of halogens is 2. The predicted octanol–water partition coefficient (Wildman–Crippen LogP) is 9.12. The number of piperazine rings is 1. The third kappa shape index (κ3) is 6.41. The Morgan fingerprint density at radius 1 is 0.870 bits per heavy atom. The van der Waals surface area contributed by atoms with Crippen LogP contribution in [0.15, 0.2) is 71.7 Å². The van der Waals surface area contributed by atoms with E-state index in [9.17, 15) is 0 Å². The molecule has 0 bridgehead atoms. The molecule has 0 spiro atoms. The van der Waals surface area contributed by atoms with Crippen LogP contribution in [0, 0.1) is 0 Å². The molecular formula is C38H48Cl2N4O2. The van der Waals surface area contributed by atoms with Gasteiger partial charge in [0.1, 0.15) is 22.7 Å². The number of hydrogen-bond acceptors (Lipinski definition) is 4. The zero-order chi connectivity index (χ0) is 33.3. The molecule has 1 saturated heterocycles. The maximum absolute atomic E-state index is 15.1. The minimum absolute atomic E-state index is 0.0635. The molecule has 246 valence electrons. The van der Waals surface area contributed by atoms with E-state index in [-0.39, 0.29) is 11.4 Å². The summed E-state index contributed by atoms with van der Waals surface area (Å²) in [7, 11) is 0. The lowest BCUT2D eigenvalue weighted by molar-refractivity contribution is 0.0864. The second-order valence-corrected chi connectivity index (χ2v) is 14.7. The standard InChI is InChI=1S/C38H48Cl2N4O2/c1-8-10-21-42-22-24-43(25-23-42)35(45)44-34(32-20-15-29(36(3,4)5)26-33(32)46-9-2)41-37(6,27-11-16-30(39)17-12-27)38(44,7)28-13-18-31(40)19-14-28/h11-20,26H,8-10,21-25H2,1-7H3/t37-,38+/m0/s1. The second-order valence-electron chi connectivity index (χ2n) is 13.8. The first-order chi connectivity index (χ1) is 21.8. The van der Waals surface area contributed by atoms with E-state index in [0.29, 0.717) is 35.6 Å². The number of hydrogen-bond donors (Lipinski definition) is 0. The summed E-state index contributed by atoms with van der Waals surface area (Å²) < 4.78 is 6.32. The Kier molecular flexibility index (Phi) is 10.1. The van der Waals surface area contributed by atoms with E-state index in [1.54, 1.807) is 0 Å². The van der Waals surface area contributed by atoms with Crippen molar-refractivity contribution in [1.82, 2.24) is 14.7 Å². The summed E-state index contributed by atoms with van der Waals surface area (Å²) in [6.07, 6.45) is 2.32. The molecule has 2 aliphatic heterocycles. The number of urea groups is 1. The number of rotatable bonds is 8. The first-order valence-corrected chi connectivity index (χ1v) is 17.3. The van der Waals surface area contributed by atoms with Crippen LogP contribution in [-0.4, -0.2) is 65.9 Å². The average molecular weight is 664 g/mol. The molecule has 2 heterocycles. The molecule has 0 saturated carbocycles. The number of carbonyl (C=O) groups is 1. The lowest BCUT2D eigenvalue weighted by Crippen LogP contribution is -2.60. The average Bonchev–Trinajstić information content (AvgIpc) is 3.28. The van der Waals surface area contributed by atoms with Gasteiger partial charge in [-0.15, -0.1) is 0 Å². The van der Waals surface area contributed by atoms with Gasteiger partial charge in [-0.2, -0.15) is 0 Å². The topological polar surface area (TPSA) is 48.4 Å². The van der Waals surface area contributed by atoms with Crippen LogP contribution in [0.4, 0.5) is 4.79 Å². The third-order valence-corrected chi connectivity index (χ3v) is 10.3. The SMILES string of the molecule is CCCCN1CCN(C(=O)N2C(c3ccc(C(C)(C)C)cc3OCC)=N[C@@](C)(c3ccc(Cl)cc3)[C@@]2(C)c2ccc(Cl)cc2)CC1. The van der Waals surface area contributed by atoms with E-state index >= 15 is 4.79 Å². The molecule has 8 heteroatoms. The largest absolute Gasteiger partial charge is 0.493 e. The third-order valence-electron chi connectivity index (χ3n) is 9.80. The summed E-state index contributed by atoms with van der Waals surface area (Å²) >= 11 is 12.8. The van der Waals surface area contributed by atoms with E-state index in [1.165, 1.54) is 0 Å². The summed E-state index contributed by atoms with van der Waals surface area (Å²) in [5.74, 6) is 1.31. The molecule has 0 aliphatic carbocycles. The lowest BCUT2D eigenvalue weighted by Gasteiger charge is -2.47. The molecule has 0 N–H and O–H groups in total. The van der Waals surface area contributed by atoms with Crippen LogP contribution in [0.1, 0.15) is 83.6 Å². The first-order valence-electron chi connectivity index (χ1n) is 16.5. The number of carbonyl (C=O) groups excluding carboxylic acids is 1. The van der Waals surface area contributed by atoms with E-state index in [0.717, 1.165) is 60.5 Å². The molecule has 0 aromatic heterocycles. The first kappa shape index (κ1) is 34.3. The predicted molar refractivity (Wildman–Crippen MR) is 191 cm³/mol. The monoisotopic (exact) mass is 662 g/mol. The number of ether oxygens (including phenoxy) is 1. The van der Waals surface area contributed by atoms with Crippen molar-refractivity contribution in [3.63, 3.8) is 0 Å². The fourth-order valence-electron chi connectivity index (χ4n) is 6.70. The van der Waals surface area contributed by atoms with E-state index < -0.39 is 11.1 Å². The summed E-state index contributed by atoms with van der Waals surface area (Å²) in [4.78, 5) is 27.0. The Labute approximate surface area is 285 Å². The van der Waals surface area contributed by atoms with Crippen molar-refractivity contribution >= 4 is 35.1 Å². The molecule has 0 unspecified atom stereocenters. The fraction of sp³-hybridized carbons (Fsp3) is 0.474. The summed E-state index contributed by atoms with van der Waals surface area (Å²) in [5, 5.41) is 1.28. The van der Waals surface area contributed by atoms with Gasteiger partial charge in [0.2, 0.25) is 0 Å². The van der Waals surface area contributed by atoms with Crippen LogP contribution in [0.5, 0.6) is 5.75 Å². The van der Waals surface area contributed by atoms with Gasteiger partial charge >= 0.3 is 6.03 Å². The Morgan fingerprint density at radius 2 is 1.46 bits per heavy atom. The molecule has 46 heavy (non-hydrogen) atoms. The molecule has 2 atom stereocenters. The molecule has 2 amide bonds. The van der Waals surface area contributed by atoms with E-state index in [2.05, 4.69) is 64.6 Å². The van der Waals surface area contributed by atoms with Crippen molar-refractivity contribution in [3.05, 3.63) is 99.0 Å². The van der Waals surface area contributed by atoms with Crippen LogP contribution in [0.25, 0.3) is 0 Å². The molecule has 3 aromatic rings. The summed E-state index contributed by atoms with van der Waals surface area (Å²) in [5.41, 5.74) is 1.95. The van der Waals surface area contributed by atoms with Gasteiger partial charge in [-0.3, -0.25) is 14.8 Å². The number of unbranched alkanes of at least 4 members (excludes halogenated alkanes) is 1. The second kappa shape index (κ2) is 13.6. The quantitative estimate of drug-likeness (QED) is 0.242. The van der Waals surface area contributed by atoms with Gasteiger partial charge in [0.15, 0.2) is 0 Å². The number of aliphatic imine (C=N–C) groups is 1. The van der Waals surface area contributed by atoms with E-state index in [4.69, 9.17) is 32.9 Å². The summed E-state index contributed by atoms with van der Waals surface area (Å²) in [6, 6.07) is 21.9. The van der Waals surface area contributed by atoms with Crippen LogP contribution in [-0.2, 0) is 16.5 Å². The van der Waals surface area contributed by atoms with E-state index in [1.807, 2.05) is 65.3 Å². The zero-order valence-corrected chi connectivity index (χ0v) is 29.9. The van der Waals surface area contributed by atoms with Crippen LogP contribution in [0.2, 0.25) is 10.0 Å². The zero-order valence-electron chi connectivity index (χ0n) is 28.4. The molecule has 0 radical (unpaired) electrons. The van der Waals surface area contributed by atoms with Gasteiger partial charge < -0.3 is 9.64 Å². The highest BCUT2D eigenvalue weighted by Crippen LogP contribution is 2.54. The highest BCUT2D eigenvalue weighted by Gasteiger charge is 2.60. The highest BCUT2D eigenvalue weighted by molar-refractivity contribution is 6.30. The van der Waals surface area contributed by atoms with Crippen molar-refractivity contribution in [2.45, 2.75) is 77.8 Å². The number of nitrogens with zero attached hydrogens (tertiary/aromatic N) is 4. The van der Waals surface area contributed by atoms with Crippen molar-refractivity contribution in [3.8, 4) is 5.75 Å². The number of amidine groups is 1. The normalized spacial score (nSPS) is 22.2. The Balaban J connectivity index is 1.72. The van der Waals surface area contributed by atoms with Gasteiger partial charge in [0.05, 0.1) is 12.2 Å². The maximum Gasteiger partial charge on any atom is 0.326 e. The van der Waals surface area contributed by atoms with Crippen LogP contribution >= 0.6 is 23.2 Å². The molecule has 5 rings (SSSR count). The van der Waals surface area contributed by atoms with Gasteiger partial charge in [0, 0.05) is 36.2 Å². The smallest absolute Gasteiger partial charge is 0.326 e. The van der Waals surface area contributed by atoms with Crippen molar-refractivity contribution in [1.29, 1.82) is 0 Å². The van der Waals surface area contributed by atoms with Crippen molar-refractivity contribution in [2.75, 3.05) is 39.3 Å². The molecule has 2 aliphatic rings. The minimum Gasteiger partial charge on any atom is -0.493 e. The van der Waals surface area contributed by atoms with Crippen LogP contribution in [0.3, 0.4) is 0 Å².